The molecule has 0 saturated heterocycles. The SMILES string of the molecule is [2H]Cc1ccc2c(c1)c1cccnc1c1ncccc21.[2H]Cc1ccc2c(c1)c1cnccc1c1ncccc21.[2H]Cc1ccc2c3ccccc3c3ccncc3c2c1.[2H]Cc1ccc2c3ccccc3c3ncccc3c2c1.[2H]Cc1ccc2c3ccncc3c3ccncc3c2c1.[2H][2H].[2H][2H].[2H][2H].[2H][2H]. The maximum atomic E-state index is 7.57. The Labute approximate surface area is 567 Å². The molecule has 0 atom stereocenters. The summed E-state index contributed by atoms with van der Waals surface area (Å²) < 4.78 is 77.8. The summed E-state index contributed by atoms with van der Waals surface area (Å²) in [5.41, 5.74) is 9.06. The van der Waals surface area contributed by atoms with Gasteiger partial charge >= 0.3 is 0 Å². The standard InChI is InChI=1S/2C18H13N.3C17H12N2.4H2/c1-12-8-9-14-13-5-2-3-6-15(13)18-16(17(14)11-12)7-4-10-19-18;1-12-6-7-15-13-4-2-3-5-14(13)16-8-9-19-11-18(16)17(15)10-12;1-11-6-7-12-13-4-2-8-18-16(13)17-14(15(12)10-11)5-3-9-19-17;1-11-2-3-12-13-4-6-18-9-16(13)14-5-7-19-10-17(14)15(12)8-11;1-11-4-5-12-13-3-2-7-19-17(13)14-6-8-18-10-16(14)15(12)9-11;;;;/h2*2-11H,1H3;3*2-10H,1H3;4*1H/i5*1D;4*1+1D. The number of fused-ring (bicyclic) bond motifs is 30. The van der Waals surface area contributed by atoms with Crippen LogP contribution in [0.2, 0.25) is 0 Å². The Morgan fingerprint density at radius 3 is 0.779 bits per heavy atom. The molecule has 0 saturated carbocycles. The summed E-state index contributed by atoms with van der Waals surface area (Å²) in [6.45, 7) is 1.51. The van der Waals surface area contributed by atoms with Crippen LogP contribution in [0.3, 0.4) is 0 Å². The second-order valence-electron chi connectivity index (χ2n) is 23.8. The summed E-state index contributed by atoms with van der Waals surface area (Å²) in [6.07, 6.45) is 22.2. The van der Waals surface area contributed by atoms with Crippen molar-refractivity contribution in [3.05, 3.63) is 315 Å². The van der Waals surface area contributed by atoms with E-state index < -0.39 is 0 Å². The average molecular weight is 1240 g/mol. The Morgan fingerprint density at radius 1 is 0.200 bits per heavy atom. The highest BCUT2D eigenvalue weighted by molar-refractivity contribution is 6.28. The largest absolute Gasteiger partial charge is 0.264 e. The summed E-state index contributed by atoms with van der Waals surface area (Å²) in [5.74, 6) is 0. The van der Waals surface area contributed by atoms with Gasteiger partial charge in [0.05, 0.1) is 22.1 Å². The maximum absolute atomic E-state index is 7.57. The van der Waals surface area contributed by atoms with Gasteiger partial charge in [-0.05, 0) is 169 Å². The van der Waals surface area contributed by atoms with Gasteiger partial charge in [0.25, 0.3) is 0 Å². The highest BCUT2D eigenvalue weighted by Crippen LogP contribution is 2.39. The first-order valence-corrected chi connectivity index (χ1v) is 31.3. The summed E-state index contributed by atoms with van der Waals surface area (Å²) in [5, 5.41) is 30.6. The number of pyridine rings is 8. The summed E-state index contributed by atoms with van der Waals surface area (Å²) in [4.78, 5) is 35.2. The Morgan fingerprint density at radius 2 is 0.411 bits per heavy atom. The molecule has 0 aliphatic heterocycles. The summed E-state index contributed by atoms with van der Waals surface area (Å²) in [6, 6.07) is 72.5. The molecular formula is C87H70N8. The molecule has 0 aliphatic carbocycles. The number of benzene rings is 12. The predicted molar refractivity (Wildman–Crippen MR) is 409 cm³/mol. The monoisotopic (exact) mass is 1240 g/mol. The van der Waals surface area contributed by atoms with E-state index in [1.54, 1.807) is 18.6 Å². The zero-order chi connectivity index (χ0) is 75.6. The molecule has 8 aromatic heterocycles. The zero-order valence-electron chi connectivity index (χ0n) is 64.7. The highest BCUT2D eigenvalue weighted by Gasteiger charge is 2.14. The number of rotatable bonds is 0. The minimum atomic E-state index is 0.294. The van der Waals surface area contributed by atoms with Crippen LogP contribution in [-0.4, -0.2) is 39.9 Å². The second kappa shape index (κ2) is 24.4. The third-order valence-corrected chi connectivity index (χ3v) is 18.0. The topological polar surface area (TPSA) is 103 Å². The molecule has 8 heterocycles. The molecule has 12 aromatic carbocycles. The molecular weight excluding hydrogens is 1160 g/mol. The number of nitrogens with zero attached hydrogens (tertiary/aromatic N) is 8. The van der Waals surface area contributed by atoms with Crippen molar-refractivity contribution in [1.82, 2.24) is 39.9 Å². The van der Waals surface area contributed by atoms with Crippen LogP contribution < -0.4 is 0 Å². The van der Waals surface area contributed by atoms with Gasteiger partial charge in [-0.2, -0.15) is 0 Å². The van der Waals surface area contributed by atoms with E-state index >= 15 is 0 Å². The molecule has 458 valence electrons. The van der Waals surface area contributed by atoms with Crippen LogP contribution >= 0.6 is 0 Å². The molecule has 0 fully saturated rings. The molecule has 8 nitrogen and oxygen atoms in total. The van der Waals surface area contributed by atoms with Crippen molar-refractivity contribution in [2.75, 3.05) is 0 Å². The summed E-state index contributed by atoms with van der Waals surface area (Å²) in [7, 11) is 0. The fourth-order valence-corrected chi connectivity index (χ4v) is 13.8. The summed E-state index contributed by atoms with van der Waals surface area (Å²) >= 11 is 0. The minimum Gasteiger partial charge on any atom is -0.264 e. The van der Waals surface area contributed by atoms with Crippen LogP contribution in [0.15, 0.2) is 287 Å². The van der Waals surface area contributed by atoms with Crippen molar-refractivity contribution in [3.63, 3.8) is 0 Å². The third-order valence-electron chi connectivity index (χ3n) is 18.0. The molecule has 0 amide bonds. The molecule has 20 rings (SSSR count). The van der Waals surface area contributed by atoms with Gasteiger partial charge in [0.15, 0.2) is 0 Å². The predicted octanol–water partition coefficient (Wildman–Crippen LogP) is 23.4. The molecule has 95 heavy (non-hydrogen) atoms. The zero-order valence-corrected chi connectivity index (χ0v) is 51.7. The number of hydrogen-bond donors (Lipinski definition) is 0. The molecule has 0 bridgehead atoms. The van der Waals surface area contributed by atoms with Crippen molar-refractivity contribution in [2.24, 2.45) is 0 Å². The quantitative estimate of drug-likeness (QED) is 0.138. The molecule has 0 spiro atoms. The van der Waals surface area contributed by atoms with Crippen molar-refractivity contribution < 1.29 is 18.7 Å². The van der Waals surface area contributed by atoms with E-state index in [9.17, 15) is 0 Å². The lowest BCUT2D eigenvalue weighted by atomic mass is 9.94. The lowest BCUT2D eigenvalue weighted by Gasteiger charge is -2.10. The van der Waals surface area contributed by atoms with Crippen LogP contribution in [-0.2, 0) is 0 Å². The minimum absolute atomic E-state index is 0.294. The molecule has 8 heteroatoms. The first-order chi connectivity index (χ1) is 53.4. The maximum Gasteiger partial charge on any atom is 0.0970 e. The first kappa shape index (κ1) is 48.5. The van der Waals surface area contributed by atoms with Gasteiger partial charge in [-0.15, -0.1) is 0 Å². The van der Waals surface area contributed by atoms with Crippen molar-refractivity contribution in [2.45, 2.75) is 34.5 Å². The number of aryl methyl sites for hydroxylation is 5. The van der Waals surface area contributed by atoms with E-state index in [1.807, 2.05) is 123 Å². The molecule has 0 N–H and O–H groups in total. The van der Waals surface area contributed by atoms with Crippen molar-refractivity contribution >= 4 is 162 Å². The van der Waals surface area contributed by atoms with Crippen molar-refractivity contribution in [1.29, 1.82) is 0 Å². The van der Waals surface area contributed by atoms with E-state index in [0.717, 1.165) is 120 Å². The van der Waals surface area contributed by atoms with Gasteiger partial charge in [-0.1, -0.05) is 192 Å². The van der Waals surface area contributed by atoms with E-state index in [-0.39, 0.29) is 0 Å². The van der Waals surface area contributed by atoms with Gasteiger partial charge in [0, 0.05) is 147 Å². The van der Waals surface area contributed by atoms with Gasteiger partial charge in [-0.25, -0.2) is 0 Å². The fraction of sp³-hybridized carbons (Fsp3) is 0.0575. The van der Waals surface area contributed by atoms with Crippen LogP contribution in [0.1, 0.15) is 46.5 Å². The van der Waals surface area contributed by atoms with Crippen LogP contribution in [0.25, 0.3) is 162 Å². The third kappa shape index (κ3) is 10.5. The Balaban J connectivity index is 0.000000123. The van der Waals surface area contributed by atoms with Gasteiger partial charge in [0.1, 0.15) is 0 Å². The lowest BCUT2D eigenvalue weighted by Crippen LogP contribution is -1.88. The van der Waals surface area contributed by atoms with Gasteiger partial charge in [-0.3, -0.25) is 39.9 Å². The van der Waals surface area contributed by atoms with E-state index in [1.165, 1.54) is 70.0 Å². The van der Waals surface area contributed by atoms with Crippen LogP contribution in [0.4, 0.5) is 0 Å². The smallest absolute Gasteiger partial charge is 0.0970 e. The number of hydrogen-bond acceptors (Lipinski definition) is 8. The molecule has 0 unspecified atom stereocenters. The highest BCUT2D eigenvalue weighted by atomic mass is 14.7. The number of aromatic nitrogens is 8. The molecule has 20 aromatic rings. The fourth-order valence-electron chi connectivity index (χ4n) is 13.8. The second-order valence-corrected chi connectivity index (χ2v) is 23.8. The Kier molecular flexibility index (Phi) is 12.5. The Bertz CT molecular complexity index is 5500. The van der Waals surface area contributed by atoms with Gasteiger partial charge in [0.2, 0.25) is 0 Å². The van der Waals surface area contributed by atoms with E-state index in [0.29, 0.717) is 34.5 Å². The Hall–Kier alpha value is -12.3. The van der Waals surface area contributed by atoms with Crippen molar-refractivity contribution in [3.8, 4) is 0 Å². The molecule has 0 aliphatic rings. The van der Waals surface area contributed by atoms with Gasteiger partial charge < -0.3 is 0 Å². The van der Waals surface area contributed by atoms with Crippen LogP contribution in [0.5, 0.6) is 0 Å². The molecule has 0 radical (unpaired) electrons. The normalized spacial score (nSPS) is 12.4. The first-order valence-electron chi connectivity index (χ1n) is 38.9. The lowest BCUT2D eigenvalue weighted by molar-refractivity contribution is 1.36. The average Bonchev–Trinajstić information content (AvgIpc) is 0.779. The van der Waals surface area contributed by atoms with E-state index in [2.05, 4.69) is 185 Å². The van der Waals surface area contributed by atoms with Crippen LogP contribution in [0, 0.1) is 34.5 Å². The van der Waals surface area contributed by atoms with E-state index in [4.69, 9.17) is 18.7 Å².